The molecule has 0 radical (unpaired) electrons. The largest absolute Gasteiger partial charge is 0.478 e. The molecule has 2 aromatic rings. The highest BCUT2D eigenvalue weighted by Crippen LogP contribution is 2.29. The number of nitrogens with one attached hydrogen (secondary N) is 1. The van der Waals surface area contributed by atoms with Crippen molar-refractivity contribution < 1.29 is 24.0 Å². The maximum atomic E-state index is 11.9. The lowest BCUT2D eigenvalue weighted by atomic mass is 10.2. The van der Waals surface area contributed by atoms with E-state index >= 15 is 0 Å². The topological polar surface area (TPSA) is 135 Å². The van der Waals surface area contributed by atoms with Crippen molar-refractivity contribution in [3.05, 3.63) is 62.7 Å². The summed E-state index contributed by atoms with van der Waals surface area (Å²) in [5, 5.41) is 22.4. The first kappa shape index (κ1) is 16.5. The summed E-state index contributed by atoms with van der Waals surface area (Å²) >= 11 is 1.01. The van der Waals surface area contributed by atoms with Crippen molar-refractivity contribution in [2.24, 2.45) is 4.99 Å². The number of carboxylic acid groups (broad SMARTS) is 1. The van der Waals surface area contributed by atoms with Crippen LogP contribution >= 0.6 is 11.8 Å². The van der Waals surface area contributed by atoms with Crippen LogP contribution in [-0.2, 0) is 4.79 Å². The number of hydrogen-bond donors (Lipinski definition) is 2. The summed E-state index contributed by atoms with van der Waals surface area (Å²) < 4.78 is 4.98. The minimum atomic E-state index is -1.08. The minimum Gasteiger partial charge on any atom is -0.478 e. The predicted octanol–water partition coefficient (Wildman–Crippen LogP) is 2.78. The van der Waals surface area contributed by atoms with Gasteiger partial charge >= 0.3 is 11.9 Å². The van der Waals surface area contributed by atoms with Crippen molar-refractivity contribution >= 4 is 46.5 Å². The van der Waals surface area contributed by atoms with Crippen molar-refractivity contribution in [3.8, 4) is 0 Å². The van der Waals surface area contributed by atoms with E-state index in [0.29, 0.717) is 5.69 Å². The zero-order chi connectivity index (χ0) is 18.0. The number of carbonyl (C=O) groups excluding carboxylic acids is 1. The first-order valence-corrected chi connectivity index (χ1v) is 7.61. The molecular weight excluding hydrogens is 350 g/mol. The average molecular weight is 359 g/mol. The Kier molecular flexibility index (Phi) is 4.35. The lowest BCUT2D eigenvalue weighted by Gasteiger charge is -1.98. The van der Waals surface area contributed by atoms with Crippen LogP contribution in [0.25, 0.3) is 6.08 Å². The number of nitrogens with zero attached hydrogens (tertiary/aromatic N) is 2. The molecule has 2 heterocycles. The average Bonchev–Trinajstić information content (AvgIpc) is 3.15. The first-order chi connectivity index (χ1) is 11.9. The lowest BCUT2D eigenvalue weighted by molar-refractivity contribution is -0.402. The zero-order valence-corrected chi connectivity index (χ0v) is 13.1. The number of benzene rings is 1. The molecule has 1 aliphatic heterocycles. The van der Waals surface area contributed by atoms with Gasteiger partial charge in [-0.3, -0.25) is 14.9 Å². The van der Waals surface area contributed by atoms with Gasteiger partial charge in [0.2, 0.25) is 0 Å². The van der Waals surface area contributed by atoms with E-state index in [-0.39, 0.29) is 21.4 Å². The van der Waals surface area contributed by atoms with Gasteiger partial charge in [0.15, 0.2) is 5.17 Å². The molecule has 2 N–H and O–H groups in total. The highest BCUT2D eigenvalue weighted by Gasteiger charge is 2.25. The number of hydrogen-bond acceptors (Lipinski definition) is 7. The number of nitro groups is 1. The zero-order valence-electron chi connectivity index (χ0n) is 12.3. The third kappa shape index (κ3) is 3.75. The summed E-state index contributed by atoms with van der Waals surface area (Å²) in [6, 6.07) is 8.52. The first-order valence-electron chi connectivity index (χ1n) is 6.79. The molecule has 1 aromatic heterocycles. The predicted molar refractivity (Wildman–Crippen MR) is 89.6 cm³/mol. The molecule has 9 nitrogen and oxygen atoms in total. The fraction of sp³-hybridized carbons (Fsp3) is 0. The quantitative estimate of drug-likeness (QED) is 0.487. The molecular formula is C15H9N3O6S. The van der Waals surface area contributed by atoms with E-state index < -0.39 is 22.7 Å². The highest BCUT2D eigenvalue weighted by molar-refractivity contribution is 8.18. The molecule has 1 aliphatic rings. The summed E-state index contributed by atoms with van der Waals surface area (Å²) in [6.07, 6.45) is 1.36. The number of carbonyl (C=O) groups is 2. The van der Waals surface area contributed by atoms with Crippen LogP contribution in [-0.4, -0.2) is 27.1 Å². The lowest BCUT2D eigenvalue weighted by Crippen LogP contribution is -2.19. The van der Waals surface area contributed by atoms with Gasteiger partial charge in [0.1, 0.15) is 10.7 Å². The summed E-state index contributed by atoms with van der Waals surface area (Å²) in [5.74, 6) is -1.77. The van der Waals surface area contributed by atoms with E-state index in [1.807, 2.05) is 0 Å². The van der Waals surface area contributed by atoms with Gasteiger partial charge in [-0.15, -0.1) is 0 Å². The SMILES string of the molecule is O=C1NC(=Nc2cccc(C(=O)O)c2)S/C1=C\c1ccc([N+](=O)[O-])o1. The number of amides is 1. The van der Waals surface area contributed by atoms with Gasteiger partial charge in [0.05, 0.1) is 22.2 Å². The van der Waals surface area contributed by atoms with E-state index in [1.54, 1.807) is 12.1 Å². The molecule has 1 fully saturated rings. The number of aliphatic imine (C=N–C) groups is 1. The van der Waals surface area contributed by atoms with E-state index in [9.17, 15) is 19.7 Å². The van der Waals surface area contributed by atoms with E-state index in [1.165, 1.54) is 30.3 Å². The van der Waals surface area contributed by atoms with E-state index in [2.05, 4.69) is 10.3 Å². The Labute approximate surface area is 144 Å². The van der Waals surface area contributed by atoms with Crippen LogP contribution in [0.2, 0.25) is 0 Å². The molecule has 1 amide bonds. The summed E-state index contributed by atoms with van der Waals surface area (Å²) in [7, 11) is 0. The molecule has 0 spiro atoms. The van der Waals surface area contributed by atoms with E-state index in [0.717, 1.165) is 11.8 Å². The van der Waals surface area contributed by atoms with Gasteiger partial charge in [-0.05, 0) is 36.0 Å². The molecule has 0 atom stereocenters. The molecule has 25 heavy (non-hydrogen) atoms. The van der Waals surface area contributed by atoms with Crippen LogP contribution in [0.1, 0.15) is 16.1 Å². The number of amidine groups is 1. The van der Waals surface area contributed by atoms with Crippen molar-refractivity contribution in [2.45, 2.75) is 0 Å². The smallest absolute Gasteiger partial charge is 0.433 e. The van der Waals surface area contributed by atoms with Crippen molar-refractivity contribution in [2.75, 3.05) is 0 Å². The summed E-state index contributed by atoms with van der Waals surface area (Å²) in [6.45, 7) is 0. The Balaban J connectivity index is 1.82. The molecule has 0 bridgehead atoms. The molecule has 1 saturated heterocycles. The van der Waals surface area contributed by atoms with Gasteiger partial charge in [-0.2, -0.15) is 0 Å². The van der Waals surface area contributed by atoms with Gasteiger partial charge in [-0.25, -0.2) is 9.79 Å². The minimum absolute atomic E-state index is 0.0786. The second-order valence-electron chi connectivity index (χ2n) is 4.77. The van der Waals surface area contributed by atoms with Crippen LogP contribution in [0.15, 0.2) is 50.7 Å². The van der Waals surface area contributed by atoms with Crippen LogP contribution in [0.3, 0.4) is 0 Å². The molecule has 0 aliphatic carbocycles. The van der Waals surface area contributed by atoms with Crippen LogP contribution < -0.4 is 5.32 Å². The fourth-order valence-electron chi connectivity index (χ4n) is 1.95. The number of furan rings is 1. The molecule has 3 rings (SSSR count). The van der Waals surface area contributed by atoms with Crippen LogP contribution in [0, 0.1) is 10.1 Å². The third-order valence-corrected chi connectivity index (χ3v) is 3.95. The molecule has 1 aromatic carbocycles. The second kappa shape index (κ2) is 6.61. The maximum absolute atomic E-state index is 11.9. The Morgan fingerprint density at radius 1 is 1.36 bits per heavy atom. The standard InChI is InChI=1S/C15H9N3O6S/c19-13-11(7-10-4-5-12(24-10)18(22)23)25-15(17-13)16-9-3-1-2-8(6-9)14(20)21/h1-7H,(H,20,21)(H,16,17,19)/b11-7-. The highest BCUT2D eigenvalue weighted by atomic mass is 32.2. The van der Waals surface area contributed by atoms with Gasteiger partial charge in [0.25, 0.3) is 5.91 Å². The Hall–Kier alpha value is -3.40. The van der Waals surface area contributed by atoms with Crippen molar-refractivity contribution in [3.63, 3.8) is 0 Å². The molecule has 126 valence electrons. The van der Waals surface area contributed by atoms with Gasteiger partial charge < -0.3 is 14.8 Å². The second-order valence-corrected chi connectivity index (χ2v) is 5.80. The van der Waals surface area contributed by atoms with Crippen molar-refractivity contribution in [1.82, 2.24) is 5.32 Å². The fourth-order valence-corrected chi connectivity index (χ4v) is 2.78. The van der Waals surface area contributed by atoms with Crippen LogP contribution in [0.5, 0.6) is 0 Å². The summed E-state index contributed by atoms with van der Waals surface area (Å²) in [4.78, 5) is 37.2. The van der Waals surface area contributed by atoms with Crippen molar-refractivity contribution in [1.29, 1.82) is 0 Å². The Bertz CT molecular complexity index is 946. The number of aromatic carboxylic acids is 1. The maximum Gasteiger partial charge on any atom is 0.433 e. The Morgan fingerprint density at radius 2 is 2.16 bits per heavy atom. The number of rotatable bonds is 4. The monoisotopic (exact) mass is 359 g/mol. The molecule has 10 heteroatoms. The van der Waals surface area contributed by atoms with Gasteiger partial charge in [0, 0.05) is 6.08 Å². The molecule has 0 unspecified atom stereocenters. The summed E-state index contributed by atoms with van der Waals surface area (Å²) in [5.41, 5.74) is 0.451. The normalized spacial score (nSPS) is 17.0. The number of thioether (sulfide) groups is 1. The Morgan fingerprint density at radius 3 is 2.84 bits per heavy atom. The van der Waals surface area contributed by atoms with Gasteiger partial charge in [-0.1, -0.05) is 6.07 Å². The third-order valence-electron chi connectivity index (χ3n) is 3.04. The van der Waals surface area contributed by atoms with E-state index in [4.69, 9.17) is 9.52 Å². The number of carboxylic acids is 1. The van der Waals surface area contributed by atoms with Crippen LogP contribution in [0.4, 0.5) is 11.6 Å². The molecule has 0 saturated carbocycles.